The van der Waals surface area contributed by atoms with Crippen molar-refractivity contribution in [2.24, 2.45) is 0 Å². The van der Waals surface area contributed by atoms with Gasteiger partial charge in [-0.25, -0.2) is 4.79 Å². The van der Waals surface area contributed by atoms with Gasteiger partial charge >= 0.3 is 12.2 Å². The van der Waals surface area contributed by atoms with Gasteiger partial charge < -0.3 is 15.0 Å². The summed E-state index contributed by atoms with van der Waals surface area (Å²) in [4.78, 5) is 17.3. The Kier molecular flexibility index (Phi) is 3.94. The normalized spacial score (nSPS) is 24.4. The van der Waals surface area contributed by atoms with E-state index in [4.69, 9.17) is 4.74 Å². The van der Waals surface area contributed by atoms with Gasteiger partial charge in [0, 0.05) is 12.7 Å². The van der Waals surface area contributed by atoms with Crippen molar-refractivity contribution in [2.75, 3.05) is 13.2 Å². The fourth-order valence-electron chi connectivity index (χ4n) is 2.97. The van der Waals surface area contributed by atoms with Crippen LogP contribution in [0.2, 0.25) is 0 Å². The Morgan fingerprint density at radius 3 is 2.68 bits per heavy atom. The number of pyridine rings is 1. The van der Waals surface area contributed by atoms with Gasteiger partial charge in [-0.05, 0) is 30.5 Å². The minimum atomic E-state index is -4.48. The fraction of sp³-hybridized carbons (Fsp3) is 0.571. The molecule has 0 aromatic carbocycles. The number of nitrogens with zero attached hydrogens (tertiary/aromatic N) is 2. The number of alkyl halides is 3. The average molecular weight is 315 g/mol. The highest BCUT2D eigenvalue weighted by Crippen LogP contribution is 2.29. The van der Waals surface area contributed by atoms with Gasteiger partial charge in [0.2, 0.25) is 0 Å². The molecule has 2 aliphatic rings. The lowest BCUT2D eigenvalue weighted by Gasteiger charge is -2.34. The highest BCUT2D eigenvalue weighted by Gasteiger charge is 2.40. The largest absolute Gasteiger partial charge is 0.433 e. The maximum Gasteiger partial charge on any atom is 0.433 e. The van der Waals surface area contributed by atoms with E-state index in [0.29, 0.717) is 18.8 Å². The first kappa shape index (κ1) is 15.1. The number of aromatic nitrogens is 1. The zero-order chi connectivity index (χ0) is 15.7. The Morgan fingerprint density at radius 2 is 2.05 bits per heavy atom. The Labute approximate surface area is 125 Å². The number of halogens is 3. The monoisotopic (exact) mass is 315 g/mol. The summed E-state index contributed by atoms with van der Waals surface area (Å²) in [6, 6.07) is 2.31. The summed E-state index contributed by atoms with van der Waals surface area (Å²) in [5.41, 5.74) is -0.582. The molecule has 2 aliphatic heterocycles. The van der Waals surface area contributed by atoms with Crippen molar-refractivity contribution < 1.29 is 22.7 Å². The predicted molar refractivity (Wildman–Crippen MR) is 70.9 cm³/mol. The zero-order valence-corrected chi connectivity index (χ0v) is 11.8. The van der Waals surface area contributed by atoms with E-state index in [9.17, 15) is 18.0 Å². The highest BCUT2D eigenvalue weighted by molar-refractivity contribution is 5.75. The van der Waals surface area contributed by atoms with Crippen LogP contribution in [0.3, 0.4) is 0 Å². The van der Waals surface area contributed by atoms with E-state index in [0.717, 1.165) is 25.1 Å². The highest BCUT2D eigenvalue weighted by atomic mass is 19.4. The Balaban J connectivity index is 1.62. The van der Waals surface area contributed by atoms with Crippen molar-refractivity contribution in [3.05, 3.63) is 29.6 Å². The van der Waals surface area contributed by atoms with Crippen molar-refractivity contribution in [1.82, 2.24) is 15.2 Å². The molecule has 3 heterocycles. The van der Waals surface area contributed by atoms with E-state index >= 15 is 0 Å². The van der Waals surface area contributed by atoms with Gasteiger partial charge in [0.1, 0.15) is 5.69 Å². The molecule has 5 nitrogen and oxygen atoms in total. The molecule has 2 atom stereocenters. The first-order chi connectivity index (χ1) is 10.4. The van der Waals surface area contributed by atoms with Gasteiger partial charge in [0.25, 0.3) is 0 Å². The molecule has 2 fully saturated rings. The third kappa shape index (κ3) is 3.01. The predicted octanol–water partition coefficient (Wildman–Crippen LogP) is 2.17. The molecule has 3 rings (SSSR count). The van der Waals surface area contributed by atoms with E-state index in [-0.39, 0.29) is 24.7 Å². The number of ether oxygens (including phenoxy) is 1. The summed E-state index contributed by atoms with van der Waals surface area (Å²) in [6.07, 6.45) is -1.57. The average Bonchev–Trinajstić information content (AvgIpc) is 2.74. The van der Waals surface area contributed by atoms with Crippen LogP contribution in [0.15, 0.2) is 18.3 Å². The van der Waals surface area contributed by atoms with Crippen LogP contribution in [0.1, 0.15) is 24.1 Å². The number of amides is 2. The van der Waals surface area contributed by atoms with Crippen LogP contribution < -0.4 is 5.32 Å². The van der Waals surface area contributed by atoms with Crippen molar-refractivity contribution in [2.45, 2.75) is 37.6 Å². The fourth-order valence-corrected chi connectivity index (χ4v) is 2.97. The third-order valence-electron chi connectivity index (χ3n) is 4.03. The molecule has 2 saturated heterocycles. The van der Waals surface area contributed by atoms with E-state index in [1.807, 2.05) is 0 Å². The van der Waals surface area contributed by atoms with Crippen LogP contribution in [0.4, 0.5) is 18.0 Å². The van der Waals surface area contributed by atoms with Crippen molar-refractivity contribution >= 4 is 6.03 Å². The summed E-state index contributed by atoms with van der Waals surface area (Å²) >= 11 is 0. The molecule has 8 heteroatoms. The zero-order valence-electron chi connectivity index (χ0n) is 11.8. The molecule has 120 valence electrons. The number of morpholine rings is 1. The molecular formula is C14H16F3N3O2. The molecule has 0 aliphatic carbocycles. The van der Waals surface area contributed by atoms with Crippen LogP contribution in [0.5, 0.6) is 0 Å². The summed E-state index contributed by atoms with van der Waals surface area (Å²) in [5.74, 6) is 0. The minimum Gasteiger partial charge on any atom is -0.377 e. The first-order valence-electron chi connectivity index (χ1n) is 7.11. The molecule has 0 radical (unpaired) electrons. The Morgan fingerprint density at radius 1 is 1.36 bits per heavy atom. The number of carbonyl (C=O) groups is 1. The van der Waals surface area contributed by atoms with Crippen molar-refractivity contribution in [3.8, 4) is 0 Å². The standard InChI is InChI=1S/C14H16F3N3O2/c15-14(16,17)12-5-9(3-4-18-12)6-19-13(21)20-10-1-2-11(20)8-22-7-10/h3-5,10-11H,1-2,6-8H2,(H,19,21). The van der Waals surface area contributed by atoms with Gasteiger partial charge in [-0.3, -0.25) is 4.98 Å². The molecule has 2 bridgehead atoms. The number of carbonyl (C=O) groups excluding carboxylic acids is 1. The summed E-state index contributed by atoms with van der Waals surface area (Å²) in [6.45, 7) is 1.09. The smallest absolute Gasteiger partial charge is 0.377 e. The molecule has 1 N–H and O–H groups in total. The minimum absolute atomic E-state index is 0.0429. The number of hydrogen-bond acceptors (Lipinski definition) is 3. The van der Waals surface area contributed by atoms with Crippen molar-refractivity contribution in [3.63, 3.8) is 0 Å². The third-order valence-corrected chi connectivity index (χ3v) is 4.03. The van der Waals surface area contributed by atoms with Gasteiger partial charge in [-0.1, -0.05) is 0 Å². The van der Waals surface area contributed by atoms with Crippen LogP contribution in [0, 0.1) is 0 Å². The number of rotatable bonds is 2. The molecule has 2 amide bonds. The maximum atomic E-state index is 12.6. The van der Waals surface area contributed by atoms with Gasteiger partial charge in [-0.2, -0.15) is 13.2 Å². The molecule has 0 spiro atoms. The molecular weight excluding hydrogens is 299 g/mol. The maximum absolute atomic E-state index is 12.6. The van der Waals surface area contributed by atoms with Gasteiger partial charge in [0.15, 0.2) is 0 Å². The quantitative estimate of drug-likeness (QED) is 0.910. The number of hydrogen-bond donors (Lipinski definition) is 1. The lowest BCUT2D eigenvalue weighted by Crippen LogP contribution is -2.52. The second kappa shape index (κ2) is 5.75. The number of fused-ring (bicyclic) bond motifs is 2. The van der Waals surface area contributed by atoms with E-state index in [1.54, 1.807) is 4.90 Å². The molecule has 1 aromatic rings. The van der Waals surface area contributed by atoms with Gasteiger partial charge in [-0.15, -0.1) is 0 Å². The Hall–Kier alpha value is -1.83. The molecule has 2 unspecified atom stereocenters. The van der Waals surface area contributed by atoms with Gasteiger partial charge in [0.05, 0.1) is 25.3 Å². The van der Waals surface area contributed by atoms with Crippen LogP contribution in [-0.2, 0) is 17.5 Å². The summed E-state index contributed by atoms with van der Waals surface area (Å²) < 4.78 is 43.2. The molecule has 0 saturated carbocycles. The topological polar surface area (TPSA) is 54.5 Å². The van der Waals surface area contributed by atoms with Crippen LogP contribution in [0.25, 0.3) is 0 Å². The number of nitrogens with one attached hydrogen (secondary N) is 1. The summed E-state index contributed by atoms with van der Waals surface area (Å²) in [5, 5.41) is 2.68. The second-order valence-electron chi connectivity index (χ2n) is 5.54. The molecule has 1 aromatic heterocycles. The van der Waals surface area contributed by atoms with Crippen LogP contribution >= 0.6 is 0 Å². The van der Waals surface area contributed by atoms with Crippen LogP contribution in [-0.4, -0.2) is 41.2 Å². The summed E-state index contributed by atoms with van der Waals surface area (Å²) in [7, 11) is 0. The van der Waals surface area contributed by atoms with E-state index in [2.05, 4.69) is 10.3 Å². The second-order valence-corrected chi connectivity index (χ2v) is 5.54. The number of urea groups is 1. The van der Waals surface area contributed by atoms with Crippen molar-refractivity contribution in [1.29, 1.82) is 0 Å². The van der Waals surface area contributed by atoms with E-state index < -0.39 is 11.9 Å². The Bertz CT molecular complexity index is 549. The SMILES string of the molecule is O=C(NCc1ccnc(C(F)(F)F)c1)N1C2CCC1COC2. The lowest BCUT2D eigenvalue weighted by atomic mass is 10.2. The first-order valence-corrected chi connectivity index (χ1v) is 7.11. The van der Waals surface area contributed by atoms with E-state index in [1.165, 1.54) is 6.07 Å². The lowest BCUT2D eigenvalue weighted by molar-refractivity contribution is -0.141. The molecule has 22 heavy (non-hydrogen) atoms.